The van der Waals surface area contributed by atoms with Gasteiger partial charge >= 0.3 is 17.8 Å². The minimum atomic E-state index is -0.991. The van der Waals surface area contributed by atoms with Crippen LogP contribution in [-0.2, 0) is 14.4 Å². The van der Waals surface area contributed by atoms with Gasteiger partial charge in [0.1, 0.15) is 6.54 Å². The summed E-state index contributed by atoms with van der Waals surface area (Å²) in [6.07, 6.45) is 0. The predicted molar refractivity (Wildman–Crippen MR) is 87.1 cm³/mol. The van der Waals surface area contributed by atoms with Gasteiger partial charge in [-0.25, -0.2) is 9.69 Å². The first-order valence-corrected chi connectivity index (χ1v) is 7.84. The molecule has 0 unspecified atom stereocenters. The fraction of sp³-hybridized carbons (Fsp3) is 0.375. The third kappa shape index (κ3) is 3.41. The maximum atomic E-state index is 12.1. The normalized spacial score (nSPS) is 16.1. The number of urea groups is 1. The molecule has 8 heteroatoms. The van der Waals surface area contributed by atoms with Crippen LogP contribution in [0.15, 0.2) is 24.3 Å². The zero-order valence-electron chi connectivity index (χ0n) is 13.6. The van der Waals surface area contributed by atoms with Gasteiger partial charge in [0.15, 0.2) is 0 Å². The van der Waals surface area contributed by atoms with Crippen molar-refractivity contribution in [1.82, 2.24) is 15.1 Å². The van der Waals surface area contributed by atoms with Gasteiger partial charge in [0, 0.05) is 11.1 Å². The second-order valence-corrected chi connectivity index (χ2v) is 6.16. The van der Waals surface area contributed by atoms with Gasteiger partial charge in [-0.3, -0.25) is 19.3 Å². The van der Waals surface area contributed by atoms with Crippen molar-refractivity contribution >= 4 is 35.4 Å². The van der Waals surface area contributed by atoms with Crippen LogP contribution in [0.5, 0.6) is 0 Å². The number of nitrogens with zero attached hydrogens (tertiary/aromatic N) is 2. The Morgan fingerprint density at radius 1 is 1.12 bits per heavy atom. The van der Waals surface area contributed by atoms with E-state index >= 15 is 0 Å². The average Bonchev–Trinajstić information content (AvgIpc) is 2.71. The third-order valence-electron chi connectivity index (χ3n) is 3.65. The van der Waals surface area contributed by atoms with Crippen molar-refractivity contribution in [3.63, 3.8) is 0 Å². The van der Waals surface area contributed by atoms with Crippen LogP contribution in [0.4, 0.5) is 4.79 Å². The van der Waals surface area contributed by atoms with Crippen LogP contribution in [0, 0.1) is 0 Å². The predicted octanol–water partition coefficient (Wildman–Crippen LogP) is 1.72. The Balaban J connectivity index is 2.05. The van der Waals surface area contributed by atoms with Gasteiger partial charge in [-0.15, -0.1) is 0 Å². The molecule has 0 bridgehead atoms. The van der Waals surface area contributed by atoms with Gasteiger partial charge in [0.25, 0.3) is 0 Å². The van der Waals surface area contributed by atoms with Crippen molar-refractivity contribution in [1.29, 1.82) is 0 Å². The van der Waals surface area contributed by atoms with Crippen LogP contribution in [0.3, 0.4) is 0 Å². The molecule has 1 aliphatic heterocycles. The summed E-state index contributed by atoms with van der Waals surface area (Å²) < 4.78 is 0. The second-order valence-electron chi connectivity index (χ2n) is 5.75. The molecule has 7 nitrogen and oxygen atoms in total. The summed E-state index contributed by atoms with van der Waals surface area (Å²) in [5, 5.41) is 3.16. The standard InChI is InChI=1S/C16H18ClN3O4/c1-9(2)20-15(23)14(22)19(16(20)24)8-13(21)18-10(3)11-6-4-5-7-12(11)17/h4-7,9-10H,8H2,1-3H3,(H,18,21)/t10-/m0/s1. The summed E-state index contributed by atoms with van der Waals surface area (Å²) in [5.41, 5.74) is 0.714. The minimum Gasteiger partial charge on any atom is -0.348 e. The molecule has 2 rings (SSSR count). The maximum absolute atomic E-state index is 12.1. The molecular weight excluding hydrogens is 334 g/mol. The number of carbonyl (C=O) groups is 4. The SMILES string of the molecule is CC(C)N1C(=O)C(=O)N(CC(=O)N[C@@H](C)c2ccccc2Cl)C1=O. The molecule has 1 atom stereocenters. The third-order valence-corrected chi connectivity index (χ3v) is 4.00. The van der Waals surface area contributed by atoms with Crippen molar-refractivity contribution in [3.8, 4) is 0 Å². The Morgan fingerprint density at radius 3 is 2.29 bits per heavy atom. The summed E-state index contributed by atoms with van der Waals surface area (Å²) in [6, 6.07) is 5.39. The number of hydrogen-bond donors (Lipinski definition) is 1. The Morgan fingerprint density at radius 2 is 1.75 bits per heavy atom. The highest BCUT2D eigenvalue weighted by Gasteiger charge is 2.46. The van der Waals surface area contributed by atoms with Gasteiger partial charge < -0.3 is 5.32 Å². The molecule has 1 N–H and O–H groups in total. The molecule has 128 valence electrons. The number of imide groups is 2. The molecular formula is C16H18ClN3O4. The number of hydrogen-bond acceptors (Lipinski definition) is 4. The highest BCUT2D eigenvalue weighted by molar-refractivity contribution is 6.45. The highest BCUT2D eigenvalue weighted by Crippen LogP contribution is 2.22. The molecule has 1 saturated heterocycles. The first kappa shape index (κ1) is 17.9. The molecule has 0 aromatic heterocycles. The lowest BCUT2D eigenvalue weighted by Crippen LogP contribution is -2.43. The van der Waals surface area contributed by atoms with E-state index in [2.05, 4.69) is 5.32 Å². The monoisotopic (exact) mass is 351 g/mol. The molecule has 1 fully saturated rings. The van der Waals surface area contributed by atoms with Crippen molar-refractivity contribution in [2.24, 2.45) is 0 Å². The van der Waals surface area contributed by atoms with E-state index < -0.39 is 42.4 Å². The average molecular weight is 352 g/mol. The number of carbonyl (C=O) groups excluding carboxylic acids is 4. The quantitative estimate of drug-likeness (QED) is 0.646. The summed E-state index contributed by atoms with van der Waals surface area (Å²) in [6.45, 7) is 4.46. The molecule has 1 aromatic rings. The summed E-state index contributed by atoms with van der Waals surface area (Å²) >= 11 is 6.07. The van der Waals surface area contributed by atoms with Gasteiger partial charge in [-0.1, -0.05) is 29.8 Å². The molecule has 1 aliphatic rings. The largest absolute Gasteiger partial charge is 0.348 e. The number of amides is 5. The molecule has 5 amide bonds. The van der Waals surface area contributed by atoms with E-state index in [9.17, 15) is 19.2 Å². The Kier molecular flexibility index (Phi) is 5.23. The van der Waals surface area contributed by atoms with Crippen LogP contribution >= 0.6 is 11.6 Å². The summed E-state index contributed by atoms with van der Waals surface area (Å²) in [5.74, 6) is -2.46. The zero-order chi connectivity index (χ0) is 18.0. The second kappa shape index (κ2) is 7.00. The van der Waals surface area contributed by atoms with E-state index in [4.69, 9.17) is 11.6 Å². The molecule has 24 heavy (non-hydrogen) atoms. The topological polar surface area (TPSA) is 86.8 Å². The number of rotatable bonds is 5. The molecule has 0 aliphatic carbocycles. The smallest absolute Gasteiger partial charge is 0.334 e. The molecule has 0 saturated carbocycles. The Hall–Kier alpha value is -2.41. The van der Waals surface area contributed by atoms with Crippen LogP contribution in [0.2, 0.25) is 5.02 Å². The van der Waals surface area contributed by atoms with Gasteiger partial charge in [-0.2, -0.15) is 0 Å². The van der Waals surface area contributed by atoms with Crippen LogP contribution < -0.4 is 5.32 Å². The first-order valence-electron chi connectivity index (χ1n) is 7.46. The zero-order valence-corrected chi connectivity index (χ0v) is 14.3. The fourth-order valence-corrected chi connectivity index (χ4v) is 2.75. The van der Waals surface area contributed by atoms with E-state index in [0.717, 1.165) is 4.90 Å². The minimum absolute atomic E-state index is 0.407. The van der Waals surface area contributed by atoms with Crippen molar-refractivity contribution in [3.05, 3.63) is 34.9 Å². The lowest BCUT2D eigenvalue weighted by Gasteiger charge is -2.20. The number of benzene rings is 1. The van der Waals surface area contributed by atoms with Crippen LogP contribution in [-0.4, -0.2) is 46.1 Å². The van der Waals surface area contributed by atoms with E-state index in [1.165, 1.54) is 0 Å². The molecule has 0 spiro atoms. The lowest BCUT2D eigenvalue weighted by atomic mass is 10.1. The van der Waals surface area contributed by atoms with Gasteiger partial charge in [0.2, 0.25) is 5.91 Å². The van der Waals surface area contributed by atoms with Crippen LogP contribution in [0.1, 0.15) is 32.4 Å². The van der Waals surface area contributed by atoms with Gasteiger partial charge in [0.05, 0.1) is 6.04 Å². The highest BCUT2D eigenvalue weighted by atomic mass is 35.5. The molecule has 1 heterocycles. The molecule has 1 aromatic carbocycles. The van der Waals surface area contributed by atoms with E-state index in [-0.39, 0.29) is 0 Å². The Labute approximate surface area is 144 Å². The van der Waals surface area contributed by atoms with Crippen molar-refractivity contribution in [2.45, 2.75) is 32.9 Å². The first-order chi connectivity index (χ1) is 11.2. The fourth-order valence-electron chi connectivity index (χ4n) is 2.45. The van der Waals surface area contributed by atoms with E-state index in [1.807, 2.05) is 0 Å². The molecule has 0 radical (unpaired) electrons. The van der Waals surface area contributed by atoms with Gasteiger partial charge in [-0.05, 0) is 32.4 Å². The summed E-state index contributed by atoms with van der Waals surface area (Å²) in [4.78, 5) is 49.4. The van der Waals surface area contributed by atoms with Crippen molar-refractivity contribution < 1.29 is 19.2 Å². The van der Waals surface area contributed by atoms with Crippen molar-refractivity contribution in [2.75, 3.05) is 6.54 Å². The lowest BCUT2D eigenvalue weighted by molar-refractivity contribution is -0.144. The summed E-state index contributed by atoms with van der Waals surface area (Å²) in [7, 11) is 0. The van der Waals surface area contributed by atoms with E-state index in [0.29, 0.717) is 15.5 Å². The van der Waals surface area contributed by atoms with Crippen LogP contribution in [0.25, 0.3) is 0 Å². The maximum Gasteiger partial charge on any atom is 0.334 e. The number of nitrogens with one attached hydrogen (secondary N) is 1. The van der Waals surface area contributed by atoms with E-state index in [1.54, 1.807) is 45.0 Å². The number of halogens is 1. The Bertz CT molecular complexity index is 704.